The highest BCUT2D eigenvalue weighted by atomic mass is 79.9. The molecule has 19 heavy (non-hydrogen) atoms. The van der Waals surface area contributed by atoms with Gasteiger partial charge in [0, 0.05) is 19.0 Å². The Hall–Kier alpha value is -1.13. The quantitative estimate of drug-likeness (QED) is 0.941. The first-order chi connectivity index (χ1) is 8.97. The van der Waals surface area contributed by atoms with Gasteiger partial charge in [-0.05, 0) is 53.4 Å². The molecule has 0 unspecified atom stereocenters. The smallest absolute Gasteiger partial charge is 0.112 e. The Morgan fingerprint density at radius 1 is 1.21 bits per heavy atom. The number of hydrogen-bond donors (Lipinski definition) is 1. The number of halogens is 1. The van der Waals surface area contributed by atoms with Crippen molar-refractivity contribution >= 4 is 15.9 Å². The Balaban J connectivity index is 2.60. The third kappa shape index (κ3) is 2.47. The van der Waals surface area contributed by atoms with Gasteiger partial charge in [-0.1, -0.05) is 12.1 Å². The molecule has 1 aromatic heterocycles. The molecular weight excluding hydrogens is 304 g/mol. The average molecular weight is 323 g/mol. The molecule has 3 nitrogen and oxygen atoms in total. The van der Waals surface area contributed by atoms with E-state index >= 15 is 0 Å². The molecule has 0 radical (unpaired) electrons. The van der Waals surface area contributed by atoms with Crippen molar-refractivity contribution in [3.8, 4) is 11.3 Å². The lowest BCUT2D eigenvalue weighted by atomic mass is 9.97. The predicted octanol–water partition coefficient (Wildman–Crippen LogP) is 3.31. The van der Waals surface area contributed by atoms with Crippen LogP contribution in [-0.2, 0) is 13.5 Å². The zero-order valence-electron chi connectivity index (χ0n) is 11.8. The molecule has 0 saturated carbocycles. The molecule has 0 amide bonds. The second-order valence-electron chi connectivity index (χ2n) is 4.88. The third-order valence-electron chi connectivity index (χ3n) is 3.77. The van der Waals surface area contributed by atoms with Crippen molar-refractivity contribution < 1.29 is 5.11 Å². The average Bonchev–Trinajstić information content (AvgIpc) is 2.65. The number of rotatable bonds is 3. The van der Waals surface area contributed by atoms with Gasteiger partial charge in [0.2, 0.25) is 0 Å². The molecule has 0 aliphatic carbocycles. The first-order valence-corrected chi connectivity index (χ1v) is 7.15. The normalized spacial score (nSPS) is 11.1. The van der Waals surface area contributed by atoms with Crippen molar-refractivity contribution in [1.29, 1.82) is 0 Å². The molecule has 0 atom stereocenters. The minimum Gasteiger partial charge on any atom is -0.396 e. The largest absolute Gasteiger partial charge is 0.396 e. The van der Waals surface area contributed by atoms with Gasteiger partial charge in [0.25, 0.3) is 0 Å². The SMILES string of the molecule is Cc1ccc(-c2nc(CCO)n(C)c2Br)c(C)c1C. The van der Waals surface area contributed by atoms with Gasteiger partial charge in [-0.25, -0.2) is 4.98 Å². The van der Waals surface area contributed by atoms with E-state index in [1.807, 2.05) is 11.6 Å². The van der Waals surface area contributed by atoms with Crippen LogP contribution in [-0.4, -0.2) is 21.3 Å². The molecule has 0 bridgehead atoms. The molecule has 0 aliphatic rings. The molecule has 0 aliphatic heterocycles. The highest BCUT2D eigenvalue weighted by Gasteiger charge is 2.16. The highest BCUT2D eigenvalue weighted by molar-refractivity contribution is 9.10. The lowest BCUT2D eigenvalue weighted by molar-refractivity contribution is 0.295. The third-order valence-corrected chi connectivity index (χ3v) is 4.67. The fourth-order valence-corrected chi connectivity index (χ4v) is 2.74. The van der Waals surface area contributed by atoms with Crippen LogP contribution >= 0.6 is 15.9 Å². The van der Waals surface area contributed by atoms with Gasteiger partial charge >= 0.3 is 0 Å². The minimum atomic E-state index is 0.114. The van der Waals surface area contributed by atoms with Crippen LogP contribution in [0.15, 0.2) is 16.7 Å². The Morgan fingerprint density at radius 2 is 1.89 bits per heavy atom. The summed E-state index contributed by atoms with van der Waals surface area (Å²) in [5.41, 5.74) is 5.96. The van der Waals surface area contributed by atoms with Crippen LogP contribution in [0.5, 0.6) is 0 Å². The second-order valence-corrected chi connectivity index (χ2v) is 5.63. The fraction of sp³-hybridized carbons (Fsp3) is 0.400. The Labute approximate surface area is 122 Å². The minimum absolute atomic E-state index is 0.114. The summed E-state index contributed by atoms with van der Waals surface area (Å²) in [5.74, 6) is 0.891. The molecule has 0 fully saturated rings. The standard InChI is InChI=1S/C15H19BrN2O/c1-9-5-6-12(11(3)10(9)2)14-15(16)18(4)13(17-14)7-8-19/h5-6,19H,7-8H2,1-4H3. The van der Waals surface area contributed by atoms with E-state index in [4.69, 9.17) is 5.11 Å². The van der Waals surface area contributed by atoms with E-state index < -0.39 is 0 Å². The molecule has 0 spiro atoms. The highest BCUT2D eigenvalue weighted by Crippen LogP contribution is 2.32. The molecule has 0 saturated heterocycles. The van der Waals surface area contributed by atoms with E-state index in [0.717, 1.165) is 21.7 Å². The van der Waals surface area contributed by atoms with Crippen molar-refractivity contribution in [2.45, 2.75) is 27.2 Å². The summed E-state index contributed by atoms with van der Waals surface area (Å²) in [7, 11) is 1.96. The monoisotopic (exact) mass is 322 g/mol. The summed E-state index contributed by atoms with van der Waals surface area (Å²) >= 11 is 3.60. The van der Waals surface area contributed by atoms with Crippen LogP contribution in [0.25, 0.3) is 11.3 Å². The summed E-state index contributed by atoms with van der Waals surface area (Å²) in [6.07, 6.45) is 0.568. The molecule has 1 aromatic carbocycles. The van der Waals surface area contributed by atoms with Crippen LogP contribution in [0.1, 0.15) is 22.5 Å². The summed E-state index contributed by atoms with van der Waals surface area (Å²) in [5, 5.41) is 9.08. The maximum atomic E-state index is 9.08. The van der Waals surface area contributed by atoms with Gasteiger partial charge < -0.3 is 9.67 Å². The Bertz CT molecular complexity index is 617. The van der Waals surface area contributed by atoms with Crippen molar-refractivity contribution in [1.82, 2.24) is 9.55 Å². The van der Waals surface area contributed by atoms with Crippen LogP contribution in [0.4, 0.5) is 0 Å². The lowest BCUT2D eigenvalue weighted by Crippen LogP contribution is -2.00. The number of aliphatic hydroxyl groups excluding tert-OH is 1. The van der Waals surface area contributed by atoms with E-state index in [1.165, 1.54) is 16.7 Å². The van der Waals surface area contributed by atoms with Gasteiger partial charge in [-0.15, -0.1) is 0 Å². The first-order valence-electron chi connectivity index (χ1n) is 6.36. The van der Waals surface area contributed by atoms with Crippen molar-refractivity contribution in [3.05, 3.63) is 39.3 Å². The second kappa shape index (κ2) is 5.47. The number of aryl methyl sites for hydroxylation is 1. The molecule has 1 heterocycles. The van der Waals surface area contributed by atoms with Crippen LogP contribution in [0.2, 0.25) is 0 Å². The van der Waals surface area contributed by atoms with Gasteiger partial charge in [-0.2, -0.15) is 0 Å². The summed E-state index contributed by atoms with van der Waals surface area (Å²) in [6, 6.07) is 4.25. The van der Waals surface area contributed by atoms with E-state index in [1.54, 1.807) is 0 Å². The summed E-state index contributed by atoms with van der Waals surface area (Å²) in [4.78, 5) is 4.66. The van der Waals surface area contributed by atoms with Gasteiger partial charge in [-0.3, -0.25) is 0 Å². The number of nitrogens with zero attached hydrogens (tertiary/aromatic N) is 2. The van der Waals surface area contributed by atoms with E-state index in [2.05, 4.69) is 53.8 Å². The number of hydrogen-bond acceptors (Lipinski definition) is 2. The lowest BCUT2D eigenvalue weighted by Gasteiger charge is -2.09. The Morgan fingerprint density at radius 3 is 2.53 bits per heavy atom. The van der Waals surface area contributed by atoms with Crippen molar-refractivity contribution in [2.75, 3.05) is 6.61 Å². The van der Waals surface area contributed by atoms with Gasteiger partial charge in [0.15, 0.2) is 0 Å². The topological polar surface area (TPSA) is 38.1 Å². The summed E-state index contributed by atoms with van der Waals surface area (Å²) < 4.78 is 2.95. The zero-order valence-corrected chi connectivity index (χ0v) is 13.4. The maximum Gasteiger partial charge on any atom is 0.112 e. The van der Waals surface area contributed by atoms with Crippen LogP contribution in [0.3, 0.4) is 0 Å². The molecule has 2 aromatic rings. The van der Waals surface area contributed by atoms with Gasteiger partial charge in [0.05, 0.1) is 6.61 Å². The first kappa shape index (κ1) is 14.3. The van der Waals surface area contributed by atoms with E-state index in [-0.39, 0.29) is 6.61 Å². The Kier molecular flexibility index (Phi) is 4.11. The molecule has 4 heteroatoms. The van der Waals surface area contributed by atoms with Crippen LogP contribution < -0.4 is 0 Å². The van der Waals surface area contributed by atoms with E-state index in [9.17, 15) is 0 Å². The number of imidazole rings is 1. The molecule has 1 N–H and O–H groups in total. The number of benzene rings is 1. The number of aromatic nitrogens is 2. The van der Waals surface area contributed by atoms with Crippen molar-refractivity contribution in [3.63, 3.8) is 0 Å². The molecular formula is C15H19BrN2O. The van der Waals surface area contributed by atoms with E-state index in [0.29, 0.717) is 6.42 Å². The molecule has 102 valence electrons. The van der Waals surface area contributed by atoms with Gasteiger partial charge in [0.1, 0.15) is 16.1 Å². The predicted molar refractivity (Wildman–Crippen MR) is 81.3 cm³/mol. The fourth-order valence-electron chi connectivity index (χ4n) is 2.23. The maximum absolute atomic E-state index is 9.08. The van der Waals surface area contributed by atoms with Crippen molar-refractivity contribution in [2.24, 2.45) is 7.05 Å². The zero-order chi connectivity index (χ0) is 14.2. The summed E-state index contributed by atoms with van der Waals surface area (Å²) in [6.45, 7) is 6.50. The molecule has 2 rings (SSSR count). The van der Waals surface area contributed by atoms with Crippen LogP contribution in [0, 0.1) is 20.8 Å². The number of aliphatic hydroxyl groups is 1.